The Balaban J connectivity index is 1.93. The molecule has 0 aliphatic carbocycles. The number of carbonyl (C=O) groups excluding carboxylic acids is 2. The summed E-state index contributed by atoms with van der Waals surface area (Å²) in [5, 5.41) is 24.0. The van der Waals surface area contributed by atoms with E-state index < -0.39 is 24.0 Å². The first-order valence-corrected chi connectivity index (χ1v) is 13.8. The van der Waals surface area contributed by atoms with Gasteiger partial charge in [-0.2, -0.15) is 0 Å². The Morgan fingerprint density at radius 1 is 0.905 bits per heavy atom. The van der Waals surface area contributed by atoms with Gasteiger partial charge in [-0.25, -0.2) is 4.39 Å². The van der Waals surface area contributed by atoms with Gasteiger partial charge in [-0.05, 0) is 55.3 Å². The molecule has 4 aromatic rings. The van der Waals surface area contributed by atoms with E-state index in [2.05, 4.69) is 10.1 Å². The number of para-hydroxylation sites is 1. The molecule has 3 N–H and O–H groups in total. The van der Waals surface area contributed by atoms with Crippen molar-refractivity contribution < 1.29 is 28.9 Å². The zero-order valence-corrected chi connectivity index (χ0v) is 23.8. The number of carbonyl (C=O) groups is 2. The molecule has 8 heteroatoms. The first kappa shape index (κ1) is 30.4. The maximum Gasteiger partial charge on any atom is 0.308 e. The van der Waals surface area contributed by atoms with Crippen molar-refractivity contribution in [3.8, 4) is 22.3 Å². The minimum atomic E-state index is -1.10. The smallest absolute Gasteiger partial charge is 0.308 e. The minimum Gasteiger partial charge on any atom is -0.469 e. The van der Waals surface area contributed by atoms with Crippen LogP contribution in [0.2, 0.25) is 0 Å². The van der Waals surface area contributed by atoms with Crippen molar-refractivity contribution in [3.63, 3.8) is 0 Å². The van der Waals surface area contributed by atoms with Gasteiger partial charge in [-0.15, -0.1) is 0 Å². The summed E-state index contributed by atoms with van der Waals surface area (Å²) in [6, 6.07) is 24.5. The molecule has 7 nitrogen and oxygen atoms in total. The van der Waals surface area contributed by atoms with Crippen molar-refractivity contribution >= 4 is 23.6 Å². The molecule has 0 fully saturated rings. The van der Waals surface area contributed by atoms with Crippen molar-refractivity contribution in [1.82, 2.24) is 4.57 Å². The number of hydrogen-bond acceptors (Lipinski definition) is 5. The summed E-state index contributed by atoms with van der Waals surface area (Å²) in [7, 11) is 1.23. The highest BCUT2D eigenvalue weighted by Gasteiger charge is 2.29. The van der Waals surface area contributed by atoms with Crippen LogP contribution >= 0.6 is 0 Å². The number of hydrogen-bond donors (Lipinski definition) is 3. The topological polar surface area (TPSA) is 101 Å². The molecule has 0 spiro atoms. The molecule has 1 heterocycles. The first-order chi connectivity index (χ1) is 20.2. The van der Waals surface area contributed by atoms with E-state index in [0.717, 1.165) is 5.56 Å². The summed E-state index contributed by atoms with van der Waals surface area (Å²) < 4.78 is 20.5. The molecule has 1 amide bonds. The lowest BCUT2D eigenvalue weighted by Crippen LogP contribution is -2.20. The van der Waals surface area contributed by atoms with Gasteiger partial charge >= 0.3 is 5.97 Å². The summed E-state index contributed by atoms with van der Waals surface area (Å²) in [4.78, 5) is 25.6. The van der Waals surface area contributed by atoms with E-state index >= 15 is 0 Å². The number of nitrogens with one attached hydrogen (secondary N) is 1. The Labute approximate surface area is 244 Å². The summed E-state index contributed by atoms with van der Waals surface area (Å²) >= 11 is 0. The second-order valence-corrected chi connectivity index (χ2v) is 10.2. The third-order valence-corrected chi connectivity index (χ3v) is 6.82. The number of esters is 1. The molecule has 2 unspecified atom stereocenters. The number of nitrogens with zero attached hydrogens (tertiary/aromatic N) is 1. The predicted octanol–water partition coefficient (Wildman–Crippen LogP) is 6.48. The maximum atomic E-state index is 14.1. The van der Waals surface area contributed by atoms with E-state index in [1.807, 2.05) is 66.9 Å². The van der Waals surface area contributed by atoms with Gasteiger partial charge in [-0.1, -0.05) is 66.7 Å². The predicted molar refractivity (Wildman–Crippen MR) is 162 cm³/mol. The van der Waals surface area contributed by atoms with Gasteiger partial charge in [0.1, 0.15) is 11.5 Å². The van der Waals surface area contributed by atoms with Crippen LogP contribution in [0.25, 0.3) is 28.3 Å². The number of benzene rings is 3. The summed E-state index contributed by atoms with van der Waals surface area (Å²) in [5.74, 6) is -1.30. The van der Waals surface area contributed by atoms with E-state index in [4.69, 9.17) is 0 Å². The quantitative estimate of drug-likeness (QED) is 0.179. The van der Waals surface area contributed by atoms with E-state index in [1.54, 1.807) is 30.3 Å². The van der Waals surface area contributed by atoms with Crippen molar-refractivity contribution in [1.29, 1.82) is 0 Å². The number of aliphatic hydroxyl groups is 2. The normalized spacial score (nSPS) is 12.8. The zero-order chi connectivity index (χ0) is 30.2. The molecule has 3 aromatic carbocycles. The van der Waals surface area contributed by atoms with Crippen LogP contribution in [0.5, 0.6) is 0 Å². The molecule has 0 bridgehead atoms. The second kappa shape index (κ2) is 13.9. The SMILES string of the molecule is COC(=O)CC(O)CC(O)C=Cc1c(-c2ccc(F)cc2)c(-c2ccccc2)c(C(=O)Nc2ccccc2)n1C(C)C. The number of anilines is 1. The molecular weight excluding hydrogens is 535 g/mol. The van der Waals surface area contributed by atoms with Crippen molar-refractivity contribution in [2.24, 2.45) is 0 Å². The van der Waals surface area contributed by atoms with Gasteiger partial charge in [0.25, 0.3) is 5.91 Å². The van der Waals surface area contributed by atoms with Gasteiger partial charge in [0.05, 0.1) is 25.7 Å². The third-order valence-electron chi connectivity index (χ3n) is 6.82. The van der Waals surface area contributed by atoms with Crippen LogP contribution in [-0.4, -0.2) is 46.0 Å². The molecule has 42 heavy (non-hydrogen) atoms. The monoisotopic (exact) mass is 570 g/mol. The number of aliphatic hydroxyl groups excluding tert-OH is 2. The number of amides is 1. The van der Waals surface area contributed by atoms with E-state index in [-0.39, 0.29) is 24.8 Å². The van der Waals surface area contributed by atoms with Gasteiger partial charge in [0.15, 0.2) is 0 Å². The lowest BCUT2D eigenvalue weighted by molar-refractivity contribution is -0.143. The largest absolute Gasteiger partial charge is 0.469 e. The highest BCUT2D eigenvalue weighted by molar-refractivity contribution is 6.11. The number of rotatable bonds is 11. The van der Waals surface area contributed by atoms with Gasteiger partial charge in [0.2, 0.25) is 0 Å². The molecule has 2 atom stereocenters. The highest BCUT2D eigenvalue weighted by atomic mass is 19.1. The fourth-order valence-electron chi connectivity index (χ4n) is 4.96. The number of aromatic nitrogens is 1. The Morgan fingerprint density at radius 2 is 1.50 bits per heavy atom. The molecule has 0 aliphatic heterocycles. The zero-order valence-electron chi connectivity index (χ0n) is 23.8. The highest BCUT2D eigenvalue weighted by Crippen LogP contribution is 2.42. The Kier molecular flexibility index (Phi) is 10.1. The van der Waals surface area contributed by atoms with E-state index in [0.29, 0.717) is 33.8 Å². The van der Waals surface area contributed by atoms with Crippen LogP contribution in [0.3, 0.4) is 0 Å². The summed E-state index contributed by atoms with van der Waals surface area (Å²) in [5.41, 5.74) is 4.47. The molecule has 0 aliphatic rings. The minimum absolute atomic E-state index is 0.0905. The van der Waals surface area contributed by atoms with Crippen molar-refractivity contribution in [2.75, 3.05) is 12.4 Å². The van der Waals surface area contributed by atoms with Gasteiger partial charge in [0, 0.05) is 35.0 Å². The molecule has 4 rings (SSSR count). The molecule has 0 radical (unpaired) electrons. The first-order valence-electron chi connectivity index (χ1n) is 13.8. The van der Waals surface area contributed by atoms with Crippen LogP contribution in [0, 0.1) is 5.82 Å². The Hall–Kier alpha value is -4.53. The maximum absolute atomic E-state index is 14.1. The van der Waals surface area contributed by atoms with Gasteiger partial charge < -0.3 is 24.8 Å². The van der Waals surface area contributed by atoms with Crippen molar-refractivity contribution in [3.05, 3.63) is 108 Å². The Morgan fingerprint density at radius 3 is 2.10 bits per heavy atom. The number of halogens is 1. The molecule has 1 aromatic heterocycles. The fourth-order valence-corrected chi connectivity index (χ4v) is 4.96. The molecule has 218 valence electrons. The standard InChI is InChI=1S/C34H35FN2O5/c1-22(2)37-29(19-18-27(38)20-28(39)21-30(40)42-3)31(24-14-16-25(35)17-15-24)32(23-10-6-4-7-11-23)33(37)34(41)36-26-12-8-5-9-13-26/h4-19,22,27-28,38-39H,20-21H2,1-3H3,(H,36,41). The average molecular weight is 571 g/mol. The lowest BCUT2D eigenvalue weighted by atomic mass is 9.94. The summed E-state index contributed by atoms with van der Waals surface area (Å²) in [6.45, 7) is 3.91. The Bertz CT molecular complexity index is 1530. The number of methoxy groups -OCH3 is 1. The van der Waals surface area contributed by atoms with Crippen LogP contribution < -0.4 is 5.32 Å². The van der Waals surface area contributed by atoms with Crippen molar-refractivity contribution in [2.45, 2.75) is 44.9 Å². The second-order valence-electron chi connectivity index (χ2n) is 10.2. The number of ether oxygens (including phenoxy) is 1. The lowest BCUT2D eigenvalue weighted by Gasteiger charge is -2.17. The van der Waals surface area contributed by atoms with Gasteiger partial charge in [-0.3, -0.25) is 9.59 Å². The summed E-state index contributed by atoms with van der Waals surface area (Å²) in [6.07, 6.45) is 0.704. The van der Waals surface area contributed by atoms with E-state index in [1.165, 1.54) is 25.3 Å². The van der Waals surface area contributed by atoms with Crippen LogP contribution in [0.15, 0.2) is 91.0 Å². The fraction of sp³-hybridized carbons (Fsp3) is 0.235. The average Bonchev–Trinajstić information content (AvgIpc) is 3.33. The van der Waals surface area contributed by atoms with E-state index in [9.17, 15) is 24.2 Å². The van der Waals surface area contributed by atoms with Crippen LogP contribution in [-0.2, 0) is 9.53 Å². The van der Waals surface area contributed by atoms with Crippen LogP contribution in [0.4, 0.5) is 10.1 Å². The van der Waals surface area contributed by atoms with Crippen LogP contribution in [0.1, 0.15) is 48.9 Å². The molecule has 0 saturated carbocycles. The molecular formula is C34H35FN2O5. The third kappa shape index (κ3) is 7.21. The molecule has 0 saturated heterocycles.